The number of benzene rings is 1. The zero-order valence-corrected chi connectivity index (χ0v) is 25.3. The fourth-order valence-corrected chi connectivity index (χ4v) is 7.51. The zero-order valence-electron chi connectivity index (χ0n) is 25.3. The van der Waals surface area contributed by atoms with Crippen molar-refractivity contribution in [2.75, 3.05) is 19.8 Å². The van der Waals surface area contributed by atoms with Gasteiger partial charge in [0.05, 0.1) is 31.1 Å². The second-order valence-corrected chi connectivity index (χ2v) is 12.7. The van der Waals surface area contributed by atoms with Crippen LogP contribution in [0, 0.1) is 11.8 Å². The topological polar surface area (TPSA) is 224 Å². The lowest BCUT2D eigenvalue weighted by Crippen LogP contribution is -2.62. The quantitative estimate of drug-likeness (QED) is 0.155. The molecule has 8 N–H and O–H groups in total. The molecule has 1 aromatic carbocycles. The molecule has 47 heavy (non-hydrogen) atoms. The van der Waals surface area contributed by atoms with E-state index in [1.807, 2.05) is 23.1 Å². The smallest absolute Gasteiger partial charge is 0.253 e. The fourth-order valence-electron chi connectivity index (χ4n) is 7.51. The van der Waals surface area contributed by atoms with E-state index in [2.05, 4.69) is 17.6 Å². The summed E-state index contributed by atoms with van der Waals surface area (Å²) >= 11 is 0. The molecule has 15 nitrogen and oxygen atoms in total. The number of carbonyl (C=O) groups is 1. The maximum Gasteiger partial charge on any atom is 0.253 e. The minimum atomic E-state index is -1.73. The summed E-state index contributed by atoms with van der Waals surface area (Å²) in [6.07, 6.45) is -12.4. The molecule has 7 rings (SSSR count). The van der Waals surface area contributed by atoms with Crippen molar-refractivity contribution in [3.8, 4) is 0 Å². The van der Waals surface area contributed by atoms with Crippen molar-refractivity contribution in [2.45, 2.75) is 86.6 Å². The lowest BCUT2D eigenvalue weighted by atomic mass is 9.74. The van der Waals surface area contributed by atoms with Crippen LogP contribution in [0.2, 0.25) is 0 Å². The van der Waals surface area contributed by atoms with Gasteiger partial charge < -0.3 is 69.3 Å². The summed E-state index contributed by atoms with van der Waals surface area (Å²) in [5, 5.41) is 73.0. The summed E-state index contributed by atoms with van der Waals surface area (Å²) < 4.78 is 28.6. The van der Waals surface area contributed by atoms with Gasteiger partial charge >= 0.3 is 0 Å². The first-order chi connectivity index (χ1) is 22.6. The average Bonchev–Trinajstić information content (AvgIpc) is 3.47. The Morgan fingerprint density at radius 1 is 0.936 bits per heavy atom. The number of aromatic nitrogens is 1. The summed E-state index contributed by atoms with van der Waals surface area (Å²) in [7, 11) is 0. The predicted octanol–water partition coefficient (Wildman–Crippen LogP) is -1.70. The van der Waals surface area contributed by atoms with Crippen LogP contribution in [-0.4, -0.2) is 139 Å². The molecule has 0 saturated carbocycles. The second kappa shape index (κ2) is 12.8. The number of aliphatic hydroxyl groups is 7. The van der Waals surface area contributed by atoms with Gasteiger partial charge in [0.25, 0.3) is 5.91 Å². The van der Waals surface area contributed by atoms with Crippen LogP contribution in [0.25, 0.3) is 10.9 Å². The number of fused-ring (bicyclic) bond motifs is 6. The van der Waals surface area contributed by atoms with Gasteiger partial charge in [-0.25, -0.2) is 0 Å². The minimum absolute atomic E-state index is 0.140. The Balaban J connectivity index is 1.06. The molecule has 256 valence electrons. The van der Waals surface area contributed by atoms with E-state index in [0.717, 1.165) is 23.0 Å². The van der Waals surface area contributed by atoms with Crippen LogP contribution in [0.4, 0.5) is 0 Å². The molecule has 0 aliphatic carbocycles. The number of piperidine rings is 1. The van der Waals surface area contributed by atoms with Crippen molar-refractivity contribution in [3.63, 3.8) is 0 Å². The highest BCUT2D eigenvalue weighted by Gasteiger charge is 2.52. The van der Waals surface area contributed by atoms with Crippen LogP contribution in [0.5, 0.6) is 0 Å². The first-order valence-corrected chi connectivity index (χ1v) is 15.8. The van der Waals surface area contributed by atoms with Gasteiger partial charge in [0.2, 0.25) is 6.29 Å². The number of amides is 1. The van der Waals surface area contributed by atoms with Gasteiger partial charge in [-0.1, -0.05) is 24.3 Å². The molecule has 14 atom stereocenters. The maximum absolute atomic E-state index is 13.7. The van der Waals surface area contributed by atoms with Crippen LogP contribution in [0.3, 0.4) is 0 Å². The third-order valence-corrected chi connectivity index (χ3v) is 10.1. The van der Waals surface area contributed by atoms with Crippen molar-refractivity contribution in [1.82, 2.24) is 9.88 Å². The highest BCUT2D eigenvalue weighted by molar-refractivity contribution is 5.96. The summed E-state index contributed by atoms with van der Waals surface area (Å²) in [6.45, 7) is 3.37. The zero-order chi connectivity index (χ0) is 33.1. The number of hydrogen-bond acceptors (Lipinski definition) is 13. The van der Waals surface area contributed by atoms with Crippen LogP contribution in [0.15, 0.2) is 48.8 Å². The highest BCUT2D eigenvalue weighted by atomic mass is 16.8. The van der Waals surface area contributed by atoms with E-state index in [4.69, 9.17) is 23.7 Å². The Kier molecular flexibility index (Phi) is 8.90. The average molecular weight is 661 g/mol. The monoisotopic (exact) mass is 660 g/mol. The lowest BCUT2D eigenvalue weighted by molar-refractivity contribution is -0.352. The van der Waals surface area contributed by atoms with Gasteiger partial charge in [0.1, 0.15) is 48.8 Å². The van der Waals surface area contributed by atoms with Gasteiger partial charge in [-0.3, -0.25) is 4.79 Å². The van der Waals surface area contributed by atoms with Gasteiger partial charge in [-0.05, 0) is 24.5 Å². The maximum atomic E-state index is 13.7. The third-order valence-electron chi connectivity index (χ3n) is 10.1. The van der Waals surface area contributed by atoms with E-state index in [0.29, 0.717) is 18.5 Å². The fraction of sp³-hybridized carbons (Fsp3) is 0.594. The lowest BCUT2D eigenvalue weighted by Gasteiger charge is -2.48. The Morgan fingerprint density at radius 2 is 1.64 bits per heavy atom. The van der Waals surface area contributed by atoms with E-state index < -0.39 is 86.8 Å². The number of nitrogens with zero attached hydrogens (tertiary/aromatic N) is 1. The molecule has 3 fully saturated rings. The first-order valence-electron chi connectivity index (χ1n) is 15.8. The number of nitrogens with one attached hydrogen (secondary N) is 1. The molecule has 6 heterocycles. The Bertz CT molecular complexity index is 1510. The standard InChI is InChI=1S/C32H40N2O13/c1-2-13-16-9-19-22-15(14-5-3-4-6-18(14)33-22)7-8-34(19)29(42)17(16)11-43-30(13)47-32-28(41)26(39)24(37)21(46-32)12-44-31-27(40)25(38)23(36)20(10-35)45-31/h2-6,11,13,16,19-21,23-28,30-33,35-41H,1,7-10,12H2/t13-,16+,19-,20-,21-,23-,24-,25+,26+,27-,28-,30+,31-,32+/m1/s1. The number of carbonyl (C=O) groups excluding carboxylic acids is 1. The Labute approximate surface area is 269 Å². The molecule has 0 unspecified atom stereocenters. The number of aromatic amines is 1. The molecule has 0 spiro atoms. The molecule has 2 aromatic rings. The number of H-pyrrole nitrogens is 1. The van der Waals surface area contributed by atoms with Gasteiger partial charge in [0.15, 0.2) is 12.6 Å². The van der Waals surface area contributed by atoms with E-state index in [-0.39, 0.29) is 17.9 Å². The van der Waals surface area contributed by atoms with Gasteiger partial charge in [-0.2, -0.15) is 0 Å². The van der Waals surface area contributed by atoms with Crippen LogP contribution in [-0.2, 0) is 34.9 Å². The number of hydrogen-bond donors (Lipinski definition) is 8. The van der Waals surface area contributed by atoms with Crippen molar-refractivity contribution in [3.05, 3.63) is 60.0 Å². The molecule has 15 heteroatoms. The molecule has 0 bridgehead atoms. The molecular formula is C32H40N2O13. The Morgan fingerprint density at radius 3 is 2.38 bits per heavy atom. The van der Waals surface area contributed by atoms with Crippen molar-refractivity contribution in [2.24, 2.45) is 11.8 Å². The van der Waals surface area contributed by atoms with E-state index in [1.165, 1.54) is 11.8 Å². The highest BCUT2D eigenvalue weighted by Crippen LogP contribution is 2.48. The normalized spacial score (nSPS) is 41.8. The summed E-state index contributed by atoms with van der Waals surface area (Å²) in [5.74, 6) is -1.04. The largest absolute Gasteiger partial charge is 0.471 e. The first kappa shape index (κ1) is 32.6. The molecule has 3 saturated heterocycles. The van der Waals surface area contributed by atoms with E-state index in [9.17, 15) is 40.5 Å². The van der Waals surface area contributed by atoms with Crippen LogP contribution in [0.1, 0.15) is 23.7 Å². The molecular weight excluding hydrogens is 620 g/mol. The number of rotatable bonds is 7. The Hall–Kier alpha value is -2.93. The van der Waals surface area contributed by atoms with E-state index >= 15 is 0 Å². The molecule has 5 aliphatic heterocycles. The van der Waals surface area contributed by atoms with Crippen molar-refractivity contribution < 1.29 is 64.2 Å². The summed E-state index contributed by atoms with van der Waals surface area (Å²) in [4.78, 5) is 19.1. The van der Waals surface area contributed by atoms with Crippen molar-refractivity contribution in [1.29, 1.82) is 0 Å². The number of para-hydroxylation sites is 1. The number of ether oxygens (including phenoxy) is 5. The second-order valence-electron chi connectivity index (χ2n) is 12.7. The number of aliphatic hydroxyl groups excluding tert-OH is 7. The van der Waals surface area contributed by atoms with Crippen molar-refractivity contribution >= 4 is 16.8 Å². The van der Waals surface area contributed by atoms with Gasteiger partial charge in [-0.15, -0.1) is 6.58 Å². The third kappa shape index (κ3) is 5.49. The van der Waals surface area contributed by atoms with E-state index in [1.54, 1.807) is 6.08 Å². The predicted molar refractivity (Wildman–Crippen MR) is 159 cm³/mol. The van der Waals surface area contributed by atoms with Crippen LogP contribution >= 0.6 is 0 Å². The molecule has 0 radical (unpaired) electrons. The summed E-state index contributed by atoms with van der Waals surface area (Å²) in [6, 6.07) is 7.84. The molecule has 5 aliphatic rings. The van der Waals surface area contributed by atoms with Gasteiger partial charge in [0, 0.05) is 35.0 Å². The molecule has 1 amide bonds. The summed E-state index contributed by atoms with van der Waals surface area (Å²) in [5.41, 5.74) is 3.69. The SMILES string of the molecule is C=C[C@H]1[C@H](O[C@@H]2O[C@H](CO[C@@H]3O[C@H](CO)[C@@H](O)[C@H](O)[C@H]3O)[C@@H](O)[C@H](O)[C@H]2O)OC=C2C(=O)N3CCc4c([nH]c5ccccc45)[C@H]3C[C@H]21. The van der Waals surface area contributed by atoms with Crippen LogP contribution < -0.4 is 0 Å². The minimum Gasteiger partial charge on any atom is -0.471 e. The molecule has 1 aromatic heterocycles.